The van der Waals surface area contributed by atoms with Gasteiger partial charge in [-0.2, -0.15) is 0 Å². The van der Waals surface area contributed by atoms with E-state index in [0.717, 1.165) is 12.2 Å². The van der Waals surface area contributed by atoms with Crippen LogP contribution in [0, 0.1) is 0 Å². The Bertz CT molecular complexity index is 840. The van der Waals surface area contributed by atoms with Crippen molar-refractivity contribution in [2.75, 3.05) is 0 Å². The van der Waals surface area contributed by atoms with Gasteiger partial charge in [0.25, 0.3) is 0 Å². The highest BCUT2D eigenvalue weighted by Gasteiger charge is 2.09. The van der Waals surface area contributed by atoms with E-state index in [0.29, 0.717) is 0 Å². The standard InChI is InChI=1S/C16H13N3/c1-2-6-13(7-3-1)11-18-14-8-4-5-9-15(14)19-12-17-10-16(18)19/h1-10,12H,11H2. The summed E-state index contributed by atoms with van der Waals surface area (Å²) in [6, 6.07) is 18.9. The van der Waals surface area contributed by atoms with Crippen LogP contribution < -0.4 is 0 Å². The fourth-order valence-electron chi connectivity index (χ4n) is 2.63. The monoisotopic (exact) mass is 247 g/mol. The minimum absolute atomic E-state index is 0.865. The zero-order chi connectivity index (χ0) is 12.7. The van der Waals surface area contributed by atoms with E-state index in [1.807, 2.05) is 18.6 Å². The molecule has 2 aromatic heterocycles. The molecule has 0 amide bonds. The Labute approximate surface area is 110 Å². The van der Waals surface area contributed by atoms with Gasteiger partial charge < -0.3 is 4.57 Å². The molecule has 4 aromatic rings. The zero-order valence-corrected chi connectivity index (χ0v) is 10.4. The van der Waals surface area contributed by atoms with Gasteiger partial charge in [0.05, 0.1) is 17.2 Å². The number of para-hydroxylation sites is 2. The molecule has 0 atom stereocenters. The summed E-state index contributed by atoms with van der Waals surface area (Å²) in [7, 11) is 0. The van der Waals surface area contributed by atoms with Gasteiger partial charge in [0.2, 0.25) is 0 Å². The maximum absolute atomic E-state index is 4.26. The predicted molar refractivity (Wildman–Crippen MR) is 76.2 cm³/mol. The minimum atomic E-state index is 0.865. The maximum Gasteiger partial charge on any atom is 0.138 e. The van der Waals surface area contributed by atoms with E-state index in [-0.39, 0.29) is 0 Å². The average molecular weight is 247 g/mol. The van der Waals surface area contributed by atoms with Gasteiger partial charge in [0.15, 0.2) is 0 Å². The smallest absolute Gasteiger partial charge is 0.138 e. The van der Waals surface area contributed by atoms with Crippen molar-refractivity contribution in [2.24, 2.45) is 0 Å². The fraction of sp³-hybridized carbons (Fsp3) is 0.0625. The molecule has 19 heavy (non-hydrogen) atoms. The second kappa shape index (κ2) is 3.99. The summed E-state index contributed by atoms with van der Waals surface area (Å²) in [5.74, 6) is 0. The van der Waals surface area contributed by atoms with Gasteiger partial charge in [0.1, 0.15) is 12.0 Å². The molecule has 0 aliphatic heterocycles. The Morgan fingerprint density at radius 3 is 2.42 bits per heavy atom. The van der Waals surface area contributed by atoms with Crippen LogP contribution >= 0.6 is 0 Å². The highest BCUT2D eigenvalue weighted by Crippen LogP contribution is 2.21. The molecular formula is C16H13N3. The number of aromatic nitrogens is 3. The van der Waals surface area contributed by atoms with Crippen molar-refractivity contribution < 1.29 is 0 Å². The van der Waals surface area contributed by atoms with Crippen LogP contribution in [0.15, 0.2) is 67.1 Å². The molecule has 0 spiro atoms. The molecule has 0 unspecified atom stereocenters. The maximum atomic E-state index is 4.26. The number of rotatable bonds is 2. The van der Waals surface area contributed by atoms with Gasteiger partial charge in [0, 0.05) is 6.54 Å². The van der Waals surface area contributed by atoms with Crippen LogP contribution in [0.4, 0.5) is 0 Å². The highest BCUT2D eigenvalue weighted by molar-refractivity contribution is 5.81. The topological polar surface area (TPSA) is 22.2 Å². The van der Waals surface area contributed by atoms with Crippen molar-refractivity contribution in [1.29, 1.82) is 0 Å². The van der Waals surface area contributed by atoms with E-state index >= 15 is 0 Å². The van der Waals surface area contributed by atoms with Crippen molar-refractivity contribution in [3.05, 3.63) is 72.7 Å². The first-order valence-corrected chi connectivity index (χ1v) is 6.37. The SMILES string of the molecule is c1ccc(Cn2c3ccccc3n3cncc23)cc1. The number of benzene rings is 2. The lowest BCUT2D eigenvalue weighted by Gasteiger charge is -2.05. The first-order valence-electron chi connectivity index (χ1n) is 6.37. The summed E-state index contributed by atoms with van der Waals surface area (Å²) in [6.07, 6.45) is 3.79. The molecule has 0 bridgehead atoms. The molecule has 2 heterocycles. The third-order valence-corrected chi connectivity index (χ3v) is 3.51. The van der Waals surface area contributed by atoms with E-state index in [1.165, 1.54) is 16.6 Å². The number of imidazole rings is 2. The van der Waals surface area contributed by atoms with Gasteiger partial charge in [-0.25, -0.2) is 4.98 Å². The lowest BCUT2D eigenvalue weighted by molar-refractivity contribution is 0.858. The molecule has 0 N–H and O–H groups in total. The summed E-state index contributed by atoms with van der Waals surface area (Å²) in [6.45, 7) is 0.865. The summed E-state index contributed by atoms with van der Waals surface area (Å²) in [5, 5.41) is 0. The molecule has 0 saturated carbocycles. The molecular weight excluding hydrogens is 234 g/mol. The zero-order valence-electron chi connectivity index (χ0n) is 10.4. The van der Waals surface area contributed by atoms with Crippen LogP contribution in [-0.2, 0) is 6.54 Å². The van der Waals surface area contributed by atoms with Gasteiger partial charge in [-0.05, 0) is 17.7 Å². The second-order valence-corrected chi connectivity index (χ2v) is 4.68. The van der Waals surface area contributed by atoms with Gasteiger partial charge >= 0.3 is 0 Å². The highest BCUT2D eigenvalue weighted by atomic mass is 15.2. The number of fused-ring (bicyclic) bond motifs is 3. The molecule has 0 saturated heterocycles. The normalized spacial score (nSPS) is 11.4. The third-order valence-electron chi connectivity index (χ3n) is 3.51. The number of hydrogen-bond acceptors (Lipinski definition) is 1. The molecule has 0 aliphatic rings. The summed E-state index contributed by atoms with van der Waals surface area (Å²) in [5.41, 5.74) is 4.87. The van der Waals surface area contributed by atoms with E-state index < -0.39 is 0 Å². The molecule has 3 heteroatoms. The van der Waals surface area contributed by atoms with E-state index in [9.17, 15) is 0 Å². The van der Waals surface area contributed by atoms with Crippen LogP contribution in [0.1, 0.15) is 5.56 Å². The average Bonchev–Trinajstić information content (AvgIpc) is 3.04. The molecule has 4 rings (SSSR count). The van der Waals surface area contributed by atoms with Crippen LogP contribution in [0.3, 0.4) is 0 Å². The van der Waals surface area contributed by atoms with E-state index in [1.54, 1.807) is 0 Å². The van der Waals surface area contributed by atoms with Gasteiger partial charge in [-0.1, -0.05) is 42.5 Å². The molecule has 0 fully saturated rings. The minimum Gasteiger partial charge on any atom is -0.320 e. The Morgan fingerprint density at radius 2 is 1.58 bits per heavy atom. The van der Waals surface area contributed by atoms with Crippen LogP contribution in [0.25, 0.3) is 16.7 Å². The fourth-order valence-corrected chi connectivity index (χ4v) is 2.63. The molecule has 3 nitrogen and oxygen atoms in total. The van der Waals surface area contributed by atoms with Crippen molar-refractivity contribution in [3.8, 4) is 0 Å². The van der Waals surface area contributed by atoms with Gasteiger partial charge in [-0.15, -0.1) is 0 Å². The van der Waals surface area contributed by atoms with Crippen LogP contribution in [0.5, 0.6) is 0 Å². The quantitative estimate of drug-likeness (QED) is 0.532. The van der Waals surface area contributed by atoms with Crippen molar-refractivity contribution in [2.45, 2.75) is 6.54 Å². The summed E-state index contributed by atoms with van der Waals surface area (Å²) < 4.78 is 4.44. The number of hydrogen-bond donors (Lipinski definition) is 0. The third kappa shape index (κ3) is 1.55. The first kappa shape index (κ1) is 10.4. The summed E-state index contributed by atoms with van der Waals surface area (Å²) >= 11 is 0. The first-order chi connectivity index (χ1) is 9.43. The largest absolute Gasteiger partial charge is 0.320 e. The lowest BCUT2D eigenvalue weighted by Crippen LogP contribution is -1.98. The molecule has 92 valence electrons. The Balaban J connectivity index is 1.98. The molecule has 0 aliphatic carbocycles. The van der Waals surface area contributed by atoms with E-state index in [2.05, 4.69) is 62.5 Å². The lowest BCUT2D eigenvalue weighted by atomic mass is 10.2. The van der Waals surface area contributed by atoms with Crippen molar-refractivity contribution >= 4 is 16.7 Å². The van der Waals surface area contributed by atoms with E-state index in [4.69, 9.17) is 0 Å². The molecule has 2 aromatic carbocycles. The molecule has 0 radical (unpaired) electrons. The van der Waals surface area contributed by atoms with Crippen LogP contribution in [-0.4, -0.2) is 14.0 Å². The second-order valence-electron chi connectivity index (χ2n) is 4.68. The Hall–Kier alpha value is -2.55. The Morgan fingerprint density at radius 1 is 0.842 bits per heavy atom. The van der Waals surface area contributed by atoms with Gasteiger partial charge in [-0.3, -0.25) is 4.40 Å². The predicted octanol–water partition coefficient (Wildman–Crippen LogP) is 3.34. The van der Waals surface area contributed by atoms with Crippen molar-refractivity contribution in [3.63, 3.8) is 0 Å². The Kier molecular flexibility index (Phi) is 2.18. The van der Waals surface area contributed by atoms with Crippen molar-refractivity contribution in [1.82, 2.24) is 14.0 Å². The summed E-state index contributed by atoms with van der Waals surface area (Å²) in [4.78, 5) is 4.26. The van der Waals surface area contributed by atoms with Crippen LogP contribution in [0.2, 0.25) is 0 Å². The number of nitrogens with zero attached hydrogens (tertiary/aromatic N) is 3.